The second-order valence-corrected chi connectivity index (χ2v) is 9.00. The summed E-state index contributed by atoms with van der Waals surface area (Å²) in [5.74, 6) is 0. The lowest BCUT2D eigenvalue weighted by Crippen LogP contribution is -2.52. The number of benzene rings is 3. The molecule has 0 spiro atoms. The molecule has 2 nitrogen and oxygen atoms in total. The second-order valence-electron chi connectivity index (χ2n) is 9.00. The summed E-state index contributed by atoms with van der Waals surface area (Å²) >= 11 is 0. The fourth-order valence-electron chi connectivity index (χ4n) is 5.17. The molecule has 0 N–H and O–H groups in total. The first-order chi connectivity index (χ1) is 15.8. The van der Waals surface area contributed by atoms with Crippen molar-refractivity contribution < 1.29 is 0 Å². The third-order valence-electron chi connectivity index (χ3n) is 6.68. The Morgan fingerprint density at radius 2 is 0.969 bits per heavy atom. The summed E-state index contributed by atoms with van der Waals surface area (Å²) in [5.41, 5.74) is 4.17. The minimum atomic E-state index is 0.535. The smallest absolute Gasteiger partial charge is 0.0258 e. The van der Waals surface area contributed by atoms with Gasteiger partial charge in [-0.2, -0.15) is 0 Å². The Balaban J connectivity index is 1.60. The Morgan fingerprint density at radius 1 is 0.594 bits per heavy atom. The number of hydrogen-bond donors (Lipinski definition) is 0. The van der Waals surface area contributed by atoms with Gasteiger partial charge in [0.15, 0.2) is 0 Å². The summed E-state index contributed by atoms with van der Waals surface area (Å²) in [7, 11) is 0. The fourth-order valence-corrected chi connectivity index (χ4v) is 5.17. The predicted molar refractivity (Wildman–Crippen MR) is 135 cm³/mol. The highest BCUT2D eigenvalue weighted by atomic mass is 15.2. The Morgan fingerprint density at radius 3 is 1.38 bits per heavy atom. The molecule has 2 heteroatoms. The molecule has 0 radical (unpaired) electrons. The van der Waals surface area contributed by atoms with Crippen LogP contribution < -0.4 is 0 Å². The Bertz CT molecular complexity index is 881. The van der Waals surface area contributed by atoms with E-state index >= 15 is 0 Å². The number of hydrogen-bond acceptors (Lipinski definition) is 2. The lowest BCUT2D eigenvalue weighted by Gasteiger charge is -2.45. The maximum absolute atomic E-state index is 4.09. The topological polar surface area (TPSA) is 6.48 Å². The average Bonchev–Trinajstić information content (AvgIpc) is 2.85. The fraction of sp³-hybridized carbons (Fsp3) is 0.333. The van der Waals surface area contributed by atoms with Gasteiger partial charge in [-0.05, 0) is 29.5 Å². The third-order valence-corrected chi connectivity index (χ3v) is 6.68. The van der Waals surface area contributed by atoms with Gasteiger partial charge in [-0.15, -0.1) is 6.58 Å². The molecule has 3 aromatic carbocycles. The van der Waals surface area contributed by atoms with Gasteiger partial charge in [-0.1, -0.05) is 110 Å². The summed E-state index contributed by atoms with van der Waals surface area (Å²) in [6.45, 7) is 7.98. The van der Waals surface area contributed by atoms with Gasteiger partial charge in [0.25, 0.3) is 0 Å². The standard InChI is InChI=1S/C30H36N2/c1-2-22-31(23-26-14-6-3-7-15-26)29-20-12-13-21-30(29)32(24-27-16-8-4-9-17-27)25-28-18-10-5-11-19-28/h2-11,14-19,29-30H,1,12-13,20-25H2/t29-,30-/m1/s1. The average molecular weight is 425 g/mol. The van der Waals surface area contributed by atoms with E-state index in [0.29, 0.717) is 12.1 Å². The molecule has 1 aliphatic carbocycles. The van der Waals surface area contributed by atoms with Crippen LogP contribution in [0.5, 0.6) is 0 Å². The molecule has 2 atom stereocenters. The first kappa shape index (κ1) is 22.5. The number of rotatable bonds is 10. The van der Waals surface area contributed by atoms with Gasteiger partial charge in [-0.3, -0.25) is 9.80 Å². The first-order valence-corrected chi connectivity index (χ1v) is 12.0. The van der Waals surface area contributed by atoms with Crippen LogP contribution in [0.2, 0.25) is 0 Å². The van der Waals surface area contributed by atoms with E-state index < -0.39 is 0 Å². The minimum Gasteiger partial charge on any atom is -0.291 e. The van der Waals surface area contributed by atoms with Crippen LogP contribution in [-0.2, 0) is 19.6 Å². The third kappa shape index (κ3) is 6.18. The molecule has 166 valence electrons. The van der Waals surface area contributed by atoms with Crippen molar-refractivity contribution >= 4 is 0 Å². The van der Waals surface area contributed by atoms with Gasteiger partial charge in [0.1, 0.15) is 0 Å². The van der Waals surface area contributed by atoms with Crippen molar-refractivity contribution in [1.82, 2.24) is 9.80 Å². The highest BCUT2D eigenvalue weighted by molar-refractivity contribution is 5.18. The summed E-state index contributed by atoms with van der Waals surface area (Å²) in [6, 6.07) is 33.9. The molecule has 0 bridgehead atoms. The van der Waals surface area contributed by atoms with Gasteiger partial charge in [0.05, 0.1) is 0 Å². The van der Waals surface area contributed by atoms with E-state index in [1.54, 1.807) is 0 Å². The van der Waals surface area contributed by atoms with Gasteiger partial charge in [0, 0.05) is 38.3 Å². The Kier molecular flexibility index (Phi) is 8.30. The highest BCUT2D eigenvalue weighted by Crippen LogP contribution is 2.30. The van der Waals surface area contributed by atoms with Crippen LogP contribution in [0.25, 0.3) is 0 Å². The van der Waals surface area contributed by atoms with Crippen LogP contribution in [-0.4, -0.2) is 28.4 Å². The van der Waals surface area contributed by atoms with Crippen LogP contribution in [0.3, 0.4) is 0 Å². The molecular formula is C30H36N2. The summed E-state index contributed by atoms with van der Waals surface area (Å²) in [4.78, 5) is 5.39. The molecule has 4 rings (SSSR count). The summed E-state index contributed by atoms with van der Waals surface area (Å²) in [6.07, 6.45) is 7.22. The van der Waals surface area contributed by atoms with Crippen LogP contribution in [0.1, 0.15) is 42.4 Å². The van der Waals surface area contributed by atoms with E-state index in [1.807, 2.05) is 0 Å². The van der Waals surface area contributed by atoms with Crippen molar-refractivity contribution in [2.75, 3.05) is 6.54 Å². The SMILES string of the molecule is C=CCN(Cc1ccccc1)[C@@H]1CCCC[C@H]1N(Cc1ccccc1)Cc1ccccc1. The van der Waals surface area contributed by atoms with E-state index in [1.165, 1.54) is 42.4 Å². The van der Waals surface area contributed by atoms with Crippen LogP contribution in [0.15, 0.2) is 104 Å². The zero-order valence-electron chi connectivity index (χ0n) is 19.2. The zero-order valence-corrected chi connectivity index (χ0v) is 19.2. The number of nitrogens with zero attached hydrogens (tertiary/aromatic N) is 2. The Hall–Kier alpha value is -2.68. The minimum absolute atomic E-state index is 0.535. The monoisotopic (exact) mass is 424 g/mol. The maximum Gasteiger partial charge on any atom is 0.0258 e. The largest absolute Gasteiger partial charge is 0.291 e. The Labute approximate surface area is 194 Å². The van der Waals surface area contributed by atoms with Crippen molar-refractivity contribution in [3.63, 3.8) is 0 Å². The predicted octanol–water partition coefficient (Wildman–Crippen LogP) is 6.69. The van der Waals surface area contributed by atoms with Crippen molar-refractivity contribution in [2.24, 2.45) is 0 Å². The molecular weight excluding hydrogens is 388 g/mol. The van der Waals surface area contributed by atoms with Gasteiger partial charge >= 0.3 is 0 Å². The quantitative estimate of drug-likeness (QED) is 0.335. The van der Waals surface area contributed by atoms with Crippen molar-refractivity contribution in [2.45, 2.75) is 57.4 Å². The molecule has 0 aliphatic heterocycles. The van der Waals surface area contributed by atoms with Gasteiger partial charge in [0.2, 0.25) is 0 Å². The van der Waals surface area contributed by atoms with E-state index in [4.69, 9.17) is 0 Å². The first-order valence-electron chi connectivity index (χ1n) is 12.0. The highest BCUT2D eigenvalue weighted by Gasteiger charge is 2.34. The van der Waals surface area contributed by atoms with E-state index in [2.05, 4.69) is 113 Å². The zero-order chi connectivity index (χ0) is 22.0. The van der Waals surface area contributed by atoms with E-state index in [9.17, 15) is 0 Å². The normalized spacial score (nSPS) is 18.7. The maximum atomic E-state index is 4.09. The molecule has 1 saturated carbocycles. The summed E-state index contributed by atoms with van der Waals surface area (Å²) in [5, 5.41) is 0. The second kappa shape index (κ2) is 11.8. The molecule has 3 aromatic rings. The van der Waals surface area contributed by atoms with Crippen molar-refractivity contribution in [3.05, 3.63) is 120 Å². The molecule has 0 heterocycles. The van der Waals surface area contributed by atoms with Gasteiger partial charge in [-0.25, -0.2) is 0 Å². The molecule has 0 saturated heterocycles. The van der Waals surface area contributed by atoms with E-state index in [0.717, 1.165) is 26.2 Å². The van der Waals surface area contributed by atoms with Gasteiger partial charge < -0.3 is 0 Å². The molecule has 1 fully saturated rings. The van der Waals surface area contributed by atoms with Crippen LogP contribution in [0, 0.1) is 0 Å². The van der Waals surface area contributed by atoms with Crippen molar-refractivity contribution in [1.29, 1.82) is 0 Å². The van der Waals surface area contributed by atoms with E-state index in [-0.39, 0.29) is 0 Å². The van der Waals surface area contributed by atoms with Crippen LogP contribution >= 0.6 is 0 Å². The van der Waals surface area contributed by atoms with Crippen molar-refractivity contribution in [3.8, 4) is 0 Å². The molecule has 0 amide bonds. The van der Waals surface area contributed by atoms with Crippen LogP contribution in [0.4, 0.5) is 0 Å². The molecule has 1 aliphatic rings. The lowest BCUT2D eigenvalue weighted by atomic mass is 9.87. The molecule has 0 unspecified atom stereocenters. The molecule has 0 aromatic heterocycles. The lowest BCUT2D eigenvalue weighted by molar-refractivity contribution is 0.0400. The molecule has 32 heavy (non-hydrogen) atoms. The summed E-state index contributed by atoms with van der Waals surface area (Å²) < 4.78 is 0.